The van der Waals surface area contributed by atoms with Crippen LogP contribution in [0.15, 0.2) is 42.5 Å². The third-order valence-electron chi connectivity index (χ3n) is 3.39. The van der Waals surface area contributed by atoms with Gasteiger partial charge in [0.25, 0.3) is 0 Å². The summed E-state index contributed by atoms with van der Waals surface area (Å²) in [5.41, 5.74) is 5.41. The number of amides is 2. The summed E-state index contributed by atoms with van der Waals surface area (Å²) < 4.78 is 0. The zero-order chi connectivity index (χ0) is 14.5. The predicted octanol–water partition coefficient (Wildman–Crippen LogP) is 3.93. The summed E-state index contributed by atoms with van der Waals surface area (Å²) in [6.45, 7) is 6.61. The van der Waals surface area contributed by atoms with Gasteiger partial charge in [0.15, 0.2) is 0 Å². The summed E-state index contributed by atoms with van der Waals surface area (Å²) in [5.74, 6) is 0. The van der Waals surface area contributed by atoms with Gasteiger partial charge in [-0.3, -0.25) is 0 Å². The van der Waals surface area contributed by atoms with E-state index in [0.717, 1.165) is 16.8 Å². The van der Waals surface area contributed by atoms with Gasteiger partial charge in [-0.25, -0.2) is 4.79 Å². The van der Waals surface area contributed by atoms with E-state index in [1.807, 2.05) is 57.2 Å². The van der Waals surface area contributed by atoms with Crippen LogP contribution >= 0.6 is 0 Å². The van der Waals surface area contributed by atoms with Gasteiger partial charge >= 0.3 is 6.03 Å². The van der Waals surface area contributed by atoms with Crippen LogP contribution in [0.25, 0.3) is 0 Å². The molecule has 2 aromatic carbocycles. The SMILES string of the molecule is Cc1cccc(CNC(=O)Nc2cccc(C)c2C)c1. The molecule has 2 amide bonds. The van der Waals surface area contributed by atoms with Crippen molar-refractivity contribution >= 4 is 11.7 Å². The second kappa shape index (κ2) is 6.24. The third kappa shape index (κ3) is 3.60. The molecule has 2 N–H and O–H groups in total. The summed E-state index contributed by atoms with van der Waals surface area (Å²) in [5, 5.41) is 5.76. The number of nitrogens with one attached hydrogen (secondary N) is 2. The van der Waals surface area contributed by atoms with Gasteiger partial charge in [0, 0.05) is 12.2 Å². The van der Waals surface area contributed by atoms with Crippen LogP contribution in [0.2, 0.25) is 0 Å². The molecular weight excluding hydrogens is 248 g/mol. The second-order valence-corrected chi connectivity index (χ2v) is 5.04. The maximum atomic E-state index is 11.9. The van der Waals surface area contributed by atoms with E-state index in [1.54, 1.807) is 0 Å². The number of rotatable bonds is 3. The number of anilines is 1. The minimum absolute atomic E-state index is 0.180. The Hall–Kier alpha value is -2.29. The van der Waals surface area contributed by atoms with Gasteiger partial charge in [-0.1, -0.05) is 42.0 Å². The predicted molar refractivity (Wildman–Crippen MR) is 83.0 cm³/mol. The first kappa shape index (κ1) is 14.1. The van der Waals surface area contributed by atoms with E-state index < -0.39 is 0 Å². The molecule has 104 valence electrons. The molecule has 0 atom stereocenters. The first-order valence-electron chi connectivity index (χ1n) is 6.73. The molecular formula is C17H20N2O. The first-order valence-corrected chi connectivity index (χ1v) is 6.73. The Morgan fingerprint density at radius 3 is 2.55 bits per heavy atom. The summed E-state index contributed by atoms with van der Waals surface area (Å²) in [6, 6.07) is 13.8. The first-order chi connectivity index (χ1) is 9.56. The Balaban J connectivity index is 1.94. The van der Waals surface area contributed by atoms with Crippen LogP contribution in [0.4, 0.5) is 10.5 Å². The molecule has 0 aromatic heterocycles. The lowest BCUT2D eigenvalue weighted by molar-refractivity contribution is 0.251. The molecule has 0 radical (unpaired) electrons. The molecule has 0 fully saturated rings. The van der Waals surface area contributed by atoms with Crippen LogP contribution in [0.5, 0.6) is 0 Å². The second-order valence-electron chi connectivity index (χ2n) is 5.04. The zero-order valence-electron chi connectivity index (χ0n) is 12.2. The Morgan fingerprint density at radius 1 is 1.05 bits per heavy atom. The van der Waals surface area contributed by atoms with E-state index in [-0.39, 0.29) is 6.03 Å². The molecule has 0 aliphatic heterocycles. The quantitative estimate of drug-likeness (QED) is 0.870. The van der Waals surface area contributed by atoms with Crippen LogP contribution in [0, 0.1) is 20.8 Å². The number of hydrogen-bond acceptors (Lipinski definition) is 1. The van der Waals surface area contributed by atoms with Gasteiger partial charge in [-0.05, 0) is 43.5 Å². The molecule has 0 aliphatic carbocycles. The van der Waals surface area contributed by atoms with Gasteiger partial charge < -0.3 is 10.6 Å². The summed E-state index contributed by atoms with van der Waals surface area (Å²) in [7, 11) is 0. The monoisotopic (exact) mass is 268 g/mol. The standard InChI is InChI=1S/C17H20N2O/c1-12-6-4-8-15(10-12)11-18-17(20)19-16-9-5-7-13(2)14(16)3/h4-10H,11H2,1-3H3,(H2,18,19,20). The summed E-state index contributed by atoms with van der Waals surface area (Å²) in [6.07, 6.45) is 0. The summed E-state index contributed by atoms with van der Waals surface area (Å²) >= 11 is 0. The number of carbonyl (C=O) groups is 1. The highest BCUT2D eigenvalue weighted by Crippen LogP contribution is 2.17. The van der Waals surface area contributed by atoms with Crippen molar-refractivity contribution < 1.29 is 4.79 Å². The van der Waals surface area contributed by atoms with Crippen LogP contribution in [0.1, 0.15) is 22.3 Å². The molecule has 0 heterocycles. The van der Waals surface area contributed by atoms with Crippen molar-refractivity contribution in [1.82, 2.24) is 5.32 Å². The van der Waals surface area contributed by atoms with Crippen LogP contribution in [0.3, 0.4) is 0 Å². The average molecular weight is 268 g/mol. The van der Waals surface area contributed by atoms with E-state index in [4.69, 9.17) is 0 Å². The molecule has 20 heavy (non-hydrogen) atoms. The van der Waals surface area contributed by atoms with Crippen molar-refractivity contribution in [2.45, 2.75) is 27.3 Å². The molecule has 0 saturated carbocycles. The van der Waals surface area contributed by atoms with Gasteiger partial charge in [0.05, 0.1) is 0 Å². The van der Waals surface area contributed by atoms with E-state index in [1.165, 1.54) is 11.1 Å². The molecule has 0 aliphatic rings. The van der Waals surface area contributed by atoms with Gasteiger partial charge in [0.1, 0.15) is 0 Å². The fourth-order valence-electron chi connectivity index (χ4n) is 2.06. The van der Waals surface area contributed by atoms with Crippen LogP contribution < -0.4 is 10.6 Å². The number of hydrogen-bond donors (Lipinski definition) is 2. The highest BCUT2D eigenvalue weighted by atomic mass is 16.2. The minimum atomic E-state index is -0.180. The van der Waals surface area contributed by atoms with E-state index in [2.05, 4.69) is 16.7 Å². The van der Waals surface area contributed by atoms with Crippen LogP contribution in [-0.2, 0) is 6.54 Å². The average Bonchev–Trinajstić information content (AvgIpc) is 2.42. The lowest BCUT2D eigenvalue weighted by atomic mass is 10.1. The van der Waals surface area contributed by atoms with Crippen molar-refractivity contribution in [3.05, 3.63) is 64.7 Å². The maximum absolute atomic E-state index is 11.9. The Morgan fingerprint density at radius 2 is 1.80 bits per heavy atom. The van der Waals surface area contributed by atoms with Crippen molar-refractivity contribution in [3.63, 3.8) is 0 Å². The van der Waals surface area contributed by atoms with E-state index >= 15 is 0 Å². The molecule has 2 aromatic rings. The highest BCUT2D eigenvalue weighted by Gasteiger charge is 2.05. The molecule has 2 rings (SSSR count). The largest absolute Gasteiger partial charge is 0.334 e. The molecule has 0 saturated heterocycles. The smallest absolute Gasteiger partial charge is 0.319 e. The topological polar surface area (TPSA) is 41.1 Å². The lowest BCUT2D eigenvalue weighted by Crippen LogP contribution is -2.28. The molecule has 0 bridgehead atoms. The van der Waals surface area contributed by atoms with Crippen molar-refractivity contribution in [2.24, 2.45) is 0 Å². The third-order valence-corrected chi connectivity index (χ3v) is 3.39. The lowest BCUT2D eigenvalue weighted by Gasteiger charge is -2.11. The Kier molecular flexibility index (Phi) is 4.41. The van der Waals surface area contributed by atoms with Crippen LogP contribution in [-0.4, -0.2) is 6.03 Å². The fraction of sp³-hybridized carbons (Fsp3) is 0.235. The minimum Gasteiger partial charge on any atom is -0.334 e. The normalized spacial score (nSPS) is 10.2. The Labute approximate surface area is 120 Å². The summed E-state index contributed by atoms with van der Waals surface area (Å²) in [4.78, 5) is 11.9. The number of urea groups is 1. The number of aryl methyl sites for hydroxylation is 2. The van der Waals surface area contributed by atoms with Gasteiger partial charge in [-0.2, -0.15) is 0 Å². The number of carbonyl (C=O) groups excluding carboxylic acids is 1. The van der Waals surface area contributed by atoms with E-state index in [9.17, 15) is 4.79 Å². The van der Waals surface area contributed by atoms with E-state index in [0.29, 0.717) is 6.54 Å². The highest BCUT2D eigenvalue weighted by molar-refractivity contribution is 5.90. The molecule has 3 heteroatoms. The van der Waals surface area contributed by atoms with Gasteiger partial charge in [0.2, 0.25) is 0 Å². The van der Waals surface area contributed by atoms with Crippen molar-refractivity contribution in [1.29, 1.82) is 0 Å². The number of benzene rings is 2. The molecule has 0 unspecified atom stereocenters. The van der Waals surface area contributed by atoms with Crippen molar-refractivity contribution in [2.75, 3.05) is 5.32 Å². The molecule has 3 nitrogen and oxygen atoms in total. The molecule has 0 spiro atoms. The fourth-order valence-corrected chi connectivity index (χ4v) is 2.06. The zero-order valence-corrected chi connectivity index (χ0v) is 12.2. The maximum Gasteiger partial charge on any atom is 0.319 e. The van der Waals surface area contributed by atoms with Gasteiger partial charge in [-0.15, -0.1) is 0 Å². The Bertz CT molecular complexity index is 620. The van der Waals surface area contributed by atoms with Crippen molar-refractivity contribution in [3.8, 4) is 0 Å².